The number of thiazole rings is 2. The standard InChI is InChI=1S/C18H9Cl2FN6S.C14H8ClFN4S2.C5H5ClN2/c19-12-5-10(1-3-13(12)21)25-15-9(6-22)7-24-17-16(15)28-18(27-17)26-11-2-4-14(20)23-8-11;1-21-14-20-13-12(22-14)11(7(5-17)6-18-13)19-8-2-3-10(16)9(15)4-8;6-5-2-1-4(7)3-8-5/h1-5,7-8H,(H2,24,25,26,27);2-4,6H,1H3,(H,18,19);1-3H,7H2. The molecule has 5 N–H and O–H groups in total. The van der Waals surface area contributed by atoms with Crippen molar-refractivity contribution in [2.24, 2.45) is 0 Å². The van der Waals surface area contributed by atoms with Crippen LogP contribution in [0.1, 0.15) is 11.1 Å². The van der Waals surface area contributed by atoms with E-state index in [0.29, 0.717) is 76.7 Å². The van der Waals surface area contributed by atoms with Crippen molar-refractivity contribution >= 4 is 141 Å². The van der Waals surface area contributed by atoms with Crippen LogP contribution in [0.15, 0.2) is 89.8 Å². The van der Waals surface area contributed by atoms with Gasteiger partial charge >= 0.3 is 0 Å². The summed E-state index contributed by atoms with van der Waals surface area (Å²) in [5.74, 6) is -1.01. The zero-order valence-corrected chi connectivity index (χ0v) is 34.7. The lowest BCUT2D eigenvalue weighted by atomic mass is 10.2. The quantitative estimate of drug-likeness (QED) is 0.0874. The van der Waals surface area contributed by atoms with E-state index in [2.05, 4.69) is 58.0 Å². The summed E-state index contributed by atoms with van der Waals surface area (Å²) >= 11 is 27.2. The van der Waals surface area contributed by atoms with Crippen molar-refractivity contribution in [2.45, 2.75) is 4.34 Å². The number of rotatable bonds is 7. The SMILES string of the molecule is CSc1nc2ncc(C#N)c(Nc3ccc(F)c(Cl)c3)c2s1.N#Cc1cnc2nc(Nc3ccc(Cl)nc3)sc2c1Nc1ccc(F)c(Cl)c1.Nc1ccc(Cl)nc1. The molecule has 0 bridgehead atoms. The second-order valence-corrected chi connectivity index (χ2v) is 15.9. The van der Waals surface area contributed by atoms with Gasteiger partial charge in [-0.1, -0.05) is 69.5 Å². The number of nitriles is 2. The van der Waals surface area contributed by atoms with Crippen molar-refractivity contribution < 1.29 is 8.78 Å². The molecule has 21 heteroatoms. The summed E-state index contributed by atoms with van der Waals surface area (Å²) in [5, 5.41) is 29.5. The van der Waals surface area contributed by atoms with Gasteiger partial charge in [0, 0.05) is 23.8 Å². The number of nitrogens with one attached hydrogen (secondary N) is 3. The van der Waals surface area contributed by atoms with Crippen molar-refractivity contribution in [2.75, 3.05) is 27.9 Å². The molecule has 2 aromatic carbocycles. The van der Waals surface area contributed by atoms with Gasteiger partial charge in [-0.2, -0.15) is 15.5 Å². The van der Waals surface area contributed by atoms with E-state index in [1.54, 1.807) is 36.5 Å². The molecular formula is C37H22Cl4F2N12S3. The average Bonchev–Trinajstić information content (AvgIpc) is 3.85. The van der Waals surface area contributed by atoms with E-state index < -0.39 is 11.6 Å². The highest BCUT2D eigenvalue weighted by Crippen LogP contribution is 2.38. The van der Waals surface area contributed by atoms with Crippen molar-refractivity contribution in [3.8, 4) is 12.1 Å². The molecule has 6 aromatic heterocycles. The molecule has 58 heavy (non-hydrogen) atoms. The summed E-state index contributed by atoms with van der Waals surface area (Å²) in [6.07, 6.45) is 7.93. The lowest BCUT2D eigenvalue weighted by Gasteiger charge is -2.09. The van der Waals surface area contributed by atoms with Crippen LogP contribution in [0.3, 0.4) is 0 Å². The summed E-state index contributed by atoms with van der Waals surface area (Å²) in [7, 11) is 0. The second kappa shape index (κ2) is 19.2. The fourth-order valence-electron chi connectivity index (χ4n) is 4.69. The molecule has 0 fully saturated rings. The second-order valence-electron chi connectivity index (χ2n) is 11.2. The van der Waals surface area contributed by atoms with Crippen molar-refractivity contribution in [3.63, 3.8) is 0 Å². The normalized spacial score (nSPS) is 10.4. The molecule has 12 nitrogen and oxygen atoms in total. The minimum Gasteiger partial charge on any atom is -0.397 e. The summed E-state index contributed by atoms with van der Waals surface area (Å²) in [6.45, 7) is 0. The maximum absolute atomic E-state index is 13.4. The van der Waals surface area contributed by atoms with Gasteiger partial charge in [-0.25, -0.2) is 33.7 Å². The minimum absolute atomic E-state index is 0.0166. The van der Waals surface area contributed by atoms with E-state index in [1.807, 2.05) is 6.26 Å². The maximum Gasteiger partial charge on any atom is 0.189 e. The van der Waals surface area contributed by atoms with Gasteiger partial charge in [-0.15, -0.1) is 11.3 Å². The first-order chi connectivity index (χ1) is 27.9. The zero-order chi connectivity index (χ0) is 41.3. The predicted octanol–water partition coefficient (Wildman–Crippen LogP) is 12.0. The first-order valence-corrected chi connectivity index (χ1v) is 20.4. The van der Waals surface area contributed by atoms with Gasteiger partial charge < -0.3 is 21.7 Å². The van der Waals surface area contributed by atoms with E-state index in [4.69, 9.17) is 52.1 Å². The van der Waals surface area contributed by atoms with Crippen LogP contribution in [0.5, 0.6) is 0 Å². The summed E-state index contributed by atoms with van der Waals surface area (Å²) in [4.78, 5) is 25.0. The molecule has 0 aliphatic carbocycles. The fourth-order valence-corrected chi connectivity index (χ4v) is 7.74. The van der Waals surface area contributed by atoms with Gasteiger partial charge in [0.05, 0.1) is 61.0 Å². The van der Waals surface area contributed by atoms with E-state index in [1.165, 1.54) is 83.4 Å². The molecule has 0 aliphatic rings. The van der Waals surface area contributed by atoms with Crippen LogP contribution < -0.4 is 21.7 Å². The van der Waals surface area contributed by atoms with Crippen LogP contribution >= 0.6 is 80.8 Å². The lowest BCUT2D eigenvalue weighted by Crippen LogP contribution is -1.96. The fraction of sp³-hybridized carbons (Fsp3) is 0.0270. The van der Waals surface area contributed by atoms with Gasteiger partial charge in [0.1, 0.15) is 38.8 Å². The Morgan fingerprint density at radius 1 is 0.638 bits per heavy atom. The number of fused-ring (bicyclic) bond motifs is 2. The molecule has 0 radical (unpaired) electrons. The third-order valence-corrected chi connectivity index (χ3v) is 11.4. The first-order valence-electron chi connectivity index (χ1n) is 16.1. The zero-order valence-electron chi connectivity index (χ0n) is 29.2. The average molecular weight is 911 g/mol. The summed E-state index contributed by atoms with van der Waals surface area (Å²) in [6, 6.07) is 19.5. The Hall–Kier alpha value is -5.63. The molecule has 0 saturated carbocycles. The van der Waals surface area contributed by atoms with Crippen molar-refractivity contribution in [3.05, 3.63) is 129 Å². The molecule has 8 rings (SSSR count). The Morgan fingerprint density at radius 3 is 1.62 bits per heavy atom. The molecule has 0 atom stereocenters. The molecular weight excluding hydrogens is 888 g/mol. The molecule has 0 amide bonds. The third-order valence-electron chi connectivity index (χ3n) is 7.35. The largest absolute Gasteiger partial charge is 0.397 e. The number of halogens is 6. The molecule has 0 saturated heterocycles. The maximum atomic E-state index is 13.4. The van der Waals surface area contributed by atoms with Crippen molar-refractivity contribution in [1.82, 2.24) is 29.9 Å². The number of nitrogens with zero attached hydrogens (tertiary/aromatic N) is 8. The van der Waals surface area contributed by atoms with Gasteiger partial charge in [0.2, 0.25) is 0 Å². The number of hydrogen-bond acceptors (Lipinski definition) is 15. The minimum atomic E-state index is -0.520. The van der Waals surface area contributed by atoms with Crippen molar-refractivity contribution in [1.29, 1.82) is 10.5 Å². The predicted molar refractivity (Wildman–Crippen MR) is 232 cm³/mol. The van der Waals surface area contributed by atoms with Crippen LogP contribution in [-0.4, -0.2) is 36.2 Å². The first kappa shape index (κ1) is 42.0. The molecule has 290 valence electrons. The number of aromatic nitrogens is 6. The summed E-state index contributed by atoms with van der Waals surface area (Å²) < 4.78 is 29.0. The van der Waals surface area contributed by atoms with Gasteiger partial charge in [0.25, 0.3) is 0 Å². The van der Waals surface area contributed by atoms with Crippen LogP contribution in [0.4, 0.5) is 48.0 Å². The van der Waals surface area contributed by atoms with Gasteiger partial charge in [-0.3, -0.25) is 0 Å². The smallest absolute Gasteiger partial charge is 0.189 e. The van der Waals surface area contributed by atoms with E-state index in [0.717, 1.165) is 9.04 Å². The number of anilines is 7. The number of pyridine rings is 4. The van der Waals surface area contributed by atoms with Crippen LogP contribution in [0, 0.1) is 34.3 Å². The summed E-state index contributed by atoms with van der Waals surface area (Å²) in [5.41, 5.74) is 10.7. The Morgan fingerprint density at radius 2 is 1.16 bits per heavy atom. The van der Waals surface area contributed by atoms with Crippen LogP contribution in [0.25, 0.3) is 20.7 Å². The number of nitrogen functional groups attached to an aromatic ring is 1. The van der Waals surface area contributed by atoms with E-state index in [-0.39, 0.29) is 10.0 Å². The Bertz CT molecular complexity index is 2810. The monoisotopic (exact) mass is 908 g/mol. The number of thioether (sulfide) groups is 1. The molecule has 0 spiro atoms. The van der Waals surface area contributed by atoms with E-state index >= 15 is 0 Å². The number of nitrogens with two attached hydrogens (primary N) is 1. The molecule has 8 aromatic rings. The Kier molecular flexibility index (Phi) is 13.9. The Labute approximate surface area is 360 Å². The van der Waals surface area contributed by atoms with Crippen LogP contribution in [0.2, 0.25) is 20.4 Å². The highest BCUT2D eigenvalue weighted by molar-refractivity contribution is 8.00. The Balaban J connectivity index is 0.000000167. The number of hydrogen-bond donors (Lipinski definition) is 4. The van der Waals surface area contributed by atoms with Gasteiger partial charge in [-0.05, 0) is 66.9 Å². The highest BCUT2D eigenvalue weighted by Gasteiger charge is 2.17. The topological polar surface area (TPSA) is 187 Å². The highest BCUT2D eigenvalue weighted by atomic mass is 35.5. The molecule has 0 unspecified atom stereocenters. The third kappa shape index (κ3) is 10.5. The molecule has 0 aliphatic heterocycles. The van der Waals surface area contributed by atoms with Gasteiger partial charge in [0.15, 0.2) is 20.8 Å². The van der Waals surface area contributed by atoms with Crippen LogP contribution in [-0.2, 0) is 0 Å². The number of benzene rings is 2. The van der Waals surface area contributed by atoms with E-state index in [9.17, 15) is 19.3 Å². The molecule has 6 heterocycles. The lowest BCUT2D eigenvalue weighted by molar-refractivity contribution is 0.628.